The molecule has 0 atom stereocenters. The molecule has 1 N–H and O–H groups in total. The lowest BCUT2D eigenvalue weighted by Gasteiger charge is -2.25. The molecule has 2 aromatic heterocycles. The Bertz CT molecular complexity index is 1160. The van der Waals surface area contributed by atoms with Gasteiger partial charge in [-0.3, -0.25) is 14.2 Å². The molecule has 0 saturated carbocycles. The minimum Gasteiger partial charge on any atom is -0.495 e. The van der Waals surface area contributed by atoms with Crippen LogP contribution in [0.3, 0.4) is 0 Å². The van der Waals surface area contributed by atoms with E-state index in [0.29, 0.717) is 26.8 Å². The molecule has 0 bridgehead atoms. The number of ether oxygens (including phenoxy) is 1. The van der Waals surface area contributed by atoms with Gasteiger partial charge >= 0.3 is 0 Å². The van der Waals surface area contributed by atoms with Crippen LogP contribution in [0.1, 0.15) is 5.56 Å². The molecule has 8 nitrogen and oxygen atoms in total. The van der Waals surface area contributed by atoms with Crippen molar-refractivity contribution in [3.8, 4) is 5.75 Å². The Kier molecular flexibility index (Phi) is 6.16. The molecule has 4 rings (SSSR count). The van der Waals surface area contributed by atoms with E-state index < -0.39 is 0 Å². The Morgan fingerprint density at radius 2 is 2.10 bits per heavy atom. The molecular formula is C19H20ClN5O3S2. The number of thiazole rings is 1. The molecule has 1 amide bonds. The lowest BCUT2D eigenvalue weighted by Crippen LogP contribution is -2.32. The molecule has 30 heavy (non-hydrogen) atoms. The van der Waals surface area contributed by atoms with Crippen LogP contribution >= 0.6 is 34.7 Å². The number of thioether (sulfide) groups is 1. The van der Waals surface area contributed by atoms with E-state index in [0.717, 1.165) is 35.3 Å². The van der Waals surface area contributed by atoms with Gasteiger partial charge in [0, 0.05) is 35.7 Å². The highest BCUT2D eigenvalue weighted by atomic mass is 35.5. The van der Waals surface area contributed by atoms with E-state index in [9.17, 15) is 9.59 Å². The molecule has 0 radical (unpaired) electrons. The number of hydrogen-bond acceptors (Lipinski definition) is 8. The summed E-state index contributed by atoms with van der Waals surface area (Å²) in [4.78, 5) is 36.4. The van der Waals surface area contributed by atoms with E-state index in [2.05, 4.69) is 20.2 Å². The Balaban J connectivity index is 1.55. The molecule has 11 heteroatoms. The second-order valence-corrected chi connectivity index (χ2v) is 9.39. The number of aryl methyl sites for hydroxylation is 1. The number of nitrogens with zero attached hydrogens (tertiary/aromatic N) is 4. The van der Waals surface area contributed by atoms with Gasteiger partial charge in [0.2, 0.25) is 5.91 Å². The third-order valence-corrected chi connectivity index (χ3v) is 7.17. The second kappa shape index (κ2) is 8.83. The summed E-state index contributed by atoms with van der Waals surface area (Å²) in [7, 11) is 1.50. The van der Waals surface area contributed by atoms with E-state index in [1.807, 2.05) is 18.7 Å². The van der Waals surface area contributed by atoms with Gasteiger partial charge in [-0.1, -0.05) is 22.9 Å². The van der Waals surface area contributed by atoms with Crippen LogP contribution in [-0.4, -0.2) is 52.1 Å². The Morgan fingerprint density at radius 1 is 1.33 bits per heavy atom. The van der Waals surface area contributed by atoms with Crippen molar-refractivity contribution in [2.24, 2.45) is 0 Å². The minimum atomic E-state index is -0.365. The fourth-order valence-electron chi connectivity index (χ4n) is 3.11. The molecule has 0 aliphatic carbocycles. The molecule has 0 spiro atoms. The number of hydrogen-bond donors (Lipinski definition) is 1. The highest BCUT2D eigenvalue weighted by Gasteiger charge is 2.19. The molecule has 1 aliphatic rings. The first-order valence-electron chi connectivity index (χ1n) is 9.29. The molecule has 3 aromatic rings. The molecule has 3 heterocycles. The van der Waals surface area contributed by atoms with Crippen molar-refractivity contribution in [1.82, 2.24) is 14.5 Å². The van der Waals surface area contributed by atoms with Crippen LogP contribution in [0.15, 0.2) is 23.3 Å². The van der Waals surface area contributed by atoms with E-state index >= 15 is 0 Å². The maximum Gasteiger partial charge on any atom is 0.273 e. The topological polar surface area (TPSA) is 89.3 Å². The molecular weight excluding hydrogens is 446 g/mol. The Hall–Kier alpha value is -2.30. The van der Waals surface area contributed by atoms with Crippen LogP contribution in [0, 0.1) is 6.92 Å². The third-order valence-electron chi connectivity index (χ3n) is 4.72. The van der Waals surface area contributed by atoms with Gasteiger partial charge in [-0.15, -0.1) is 0 Å². The lowest BCUT2D eigenvalue weighted by molar-refractivity contribution is -0.116. The summed E-state index contributed by atoms with van der Waals surface area (Å²) in [6.45, 7) is 3.48. The first kappa shape index (κ1) is 21.0. The number of halogens is 1. The summed E-state index contributed by atoms with van der Waals surface area (Å²) in [5, 5.41) is 4.13. The number of nitrogens with one attached hydrogen (secondary N) is 1. The van der Waals surface area contributed by atoms with Crippen molar-refractivity contribution in [2.45, 2.75) is 13.5 Å². The number of benzene rings is 1. The maximum atomic E-state index is 12.9. The summed E-state index contributed by atoms with van der Waals surface area (Å²) in [6, 6.07) is 3.37. The number of anilines is 2. The molecule has 1 aliphatic heterocycles. The van der Waals surface area contributed by atoms with Gasteiger partial charge in [-0.25, -0.2) is 4.98 Å². The molecule has 158 valence electrons. The predicted octanol–water partition coefficient (Wildman–Crippen LogP) is 3.02. The van der Waals surface area contributed by atoms with Gasteiger partial charge in [0.05, 0.1) is 12.8 Å². The lowest BCUT2D eigenvalue weighted by atomic mass is 10.2. The molecule has 1 fully saturated rings. The number of aromatic nitrogens is 3. The standard InChI is InChI=1S/C19H20ClN5O3S2/c1-11-7-13(14(28-2)8-12(11)20)22-15(26)9-25-10-21-17-16(18(25)27)30-19(23-17)24-3-5-29-6-4-24/h7-8,10H,3-6,9H2,1-2H3,(H,22,26). The second-order valence-electron chi connectivity index (χ2n) is 6.78. The van der Waals surface area contributed by atoms with Gasteiger partial charge in [0.1, 0.15) is 23.3 Å². The smallest absolute Gasteiger partial charge is 0.273 e. The Labute approximate surface area is 186 Å². The predicted molar refractivity (Wildman–Crippen MR) is 123 cm³/mol. The zero-order valence-electron chi connectivity index (χ0n) is 16.5. The average Bonchev–Trinajstić information content (AvgIpc) is 3.18. The number of amides is 1. The number of methoxy groups -OCH3 is 1. The Morgan fingerprint density at radius 3 is 2.83 bits per heavy atom. The van der Waals surface area contributed by atoms with E-state index in [1.165, 1.54) is 29.3 Å². The van der Waals surface area contributed by atoms with Gasteiger partial charge in [-0.05, 0) is 18.6 Å². The maximum absolute atomic E-state index is 12.9. The highest BCUT2D eigenvalue weighted by Crippen LogP contribution is 2.31. The zero-order valence-corrected chi connectivity index (χ0v) is 18.9. The summed E-state index contributed by atoms with van der Waals surface area (Å²) >= 11 is 9.35. The number of carbonyl (C=O) groups excluding carboxylic acids is 1. The highest BCUT2D eigenvalue weighted by molar-refractivity contribution is 7.99. The van der Waals surface area contributed by atoms with Crippen LogP contribution in [0.5, 0.6) is 5.75 Å². The van der Waals surface area contributed by atoms with Gasteiger partial charge in [0.15, 0.2) is 10.8 Å². The van der Waals surface area contributed by atoms with Crippen LogP contribution < -0.4 is 20.5 Å². The van der Waals surface area contributed by atoms with Crippen LogP contribution in [0.4, 0.5) is 10.8 Å². The zero-order chi connectivity index (χ0) is 21.3. The summed E-state index contributed by atoms with van der Waals surface area (Å²) < 4.78 is 7.03. The van der Waals surface area contributed by atoms with Crippen molar-refractivity contribution in [1.29, 1.82) is 0 Å². The fourth-order valence-corrected chi connectivity index (χ4v) is 5.19. The summed E-state index contributed by atoms with van der Waals surface area (Å²) in [6.07, 6.45) is 1.37. The van der Waals surface area contributed by atoms with Crippen LogP contribution in [-0.2, 0) is 11.3 Å². The SMILES string of the molecule is COc1cc(Cl)c(C)cc1NC(=O)Cn1cnc2nc(N3CCSCC3)sc2c1=O. The van der Waals surface area contributed by atoms with Gasteiger partial charge < -0.3 is 15.0 Å². The molecule has 1 aromatic carbocycles. The fraction of sp³-hybridized carbons (Fsp3) is 0.368. The summed E-state index contributed by atoms with van der Waals surface area (Å²) in [5.41, 5.74) is 1.45. The van der Waals surface area contributed by atoms with Crippen molar-refractivity contribution in [3.05, 3.63) is 39.4 Å². The molecule has 1 saturated heterocycles. The van der Waals surface area contributed by atoms with Crippen molar-refractivity contribution in [3.63, 3.8) is 0 Å². The largest absolute Gasteiger partial charge is 0.495 e. The van der Waals surface area contributed by atoms with Crippen LogP contribution in [0.2, 0.25) is 5.02 Å². The quantitative estimate of drug-likeness (QED) is 0.619. The number of fused-ring (bicyclic) bond motifs is 1. The first-order valence-corrected chi connectivity index (χ1v) is 11.6. The van der Waals surface area contributed by atoms with Crippen molar-refractivity contribution >= 4 is 61.8 Å². The number of rotatable bonds is 5. The average molecular weight is 466 g/mol. The van der Waals surface area contributed by atoms with Crippen molar-refractivity contribution in [2.75, 3.05) is 41.9 Å². The summed E-state index contributed by atoms with van der Waals surface area (Å²) in [5.74, 6) is 2.17. The van der Waals surface area contributed by atoms with Crippen LogP contribution in [0.25, 0.3) is 10.3 Å². The first-order chi connectivity index (χ1) is 14.5. The van der Waals surface area contributed by atoms with E-state index in [-0.39, 0.29) is 18.0 Å². The normalized spacial score (nSPS) is 14.2. The minimum absolute atomic E-state index is 0.166. The van der Waals surface area contributed by atoms with E-state index in [4.69, 9.17) is 16.3 Å². The van der Waals surface area contributed by atoms with Gasteiger partial charge in [-0.2, -0.15) is 16.7 Å². The monoisotopic (exact) mass is 465 g/mol. The third kappa shape index (κ3) is 4.26. The van der Waals surface area contributed by atoms with Crippen molar-refractivity contribution < 1.29 is 9.53 Å². The molecule has 0 unspecified atom stereocenters. The van der Waals surface area contributed by atoms with E-state index in [1.54, 1.807) is 12.1 Å². The van der Waals surface area contributed by atoms with Gasteiger partial charge in [0.25, 0.3) is 5.56 Å². The number of carbonyl (C=O) groups is 1.